The summed E-state index contributed by atoms with van der Waals surface area (Å²) in [5.74, 6) is 1.06. The zero-order valence-electron chi connectivity index (χ0n) is 15.8. The van der Waals surface area contributed by atoms with E-state index in [-0.39, 0.29) is 11.9 Å². The lowest BCUT2D eigenvalue weighted by molar-refractivity contribution is 0.219. The number of likely N-dealkylation sites (N-methyl/N-ethyl adjacent to an activating group) is 1. The molecule has 2 aromatic heterocycles. The number of urea groups is 1. The molecule has 9 nitrogen and oxygen atoms in total. The monoisotopic (exact) mass is 380 g/mol. The molecule has 4 rings (SSSR count). The van der Waals surface area contributed by atoms with E-state index in [0.29, 0.717) is 29.4 Å². The quantitative estimate of drug-likeness (QED) is 0.549. The summed E-state index contributed by atoms with van der Waals surface area (Å²) in [6.07, 6.45) is 0. The van der Waals surface area contributed by atoms with Gasteiger partial charge >= 0.3 is 6.03 Å². The van der Waals surface area contributed by atoms with Crippen molar-refractivity contribution in [1.82, 2.24) is 25.5 Å². The van der Waals surface area contributed by atoms with Gasteiger partial charge in [-0.05, 0) is 12.1 Å². The fourth-order valence-corrected chi connectivity index (χ4v) is 3.18. The van der Waals surface area contributed by atoms with Gasteiger partial charge < -0.3 is 19.4 Å². The highest BCUT2D eigenvalue weighted by atomic mass is 16.5. The van der Waals surface area contributed by atoms with E-state index in [9.17, 15) is 4.79 Å². The molecule has 1 atom stereocenters. The Labute approximate surface area is 160 Å². The van der Waals surface area contributed by atoms with Gasteiger partial charge in [-0.1, -0.05) is 30.3 Å². The largest absolute Gasteiger partial charge is 0.495 e. The predicted octanol–water partition coefficient (Wildman–Crippen LogP) is 3.38. The van der Waals surface area contributed by atoms with Crippen LogP contribution in [0.15, 0.2) is 40.8 Å². The number of anilines is 1. The van der Waals surface area contributed by atoms with Gasteiger partial charge in [-0.25, -0.2) is 4.79 Å². The molecule has 0 aliphatic carbocycles. The molecule has 0 fully saturated rings. The van der Waals surface area contributed by atoms with Crippen molar-refractivity contribution in [3.8, 4) is 5.75 Å². The number of nitrogens with zero attached hydrogens (tertiary/aromatic N) is 4. The number of aromatic nitrogens is 4. The van der Waals surface area contributed by atoms with Gasteiger partial charge in [0.2, 0.25) is 0 Å². The van der Waals surface area contributed by atoms with Crippen LogP contribution in [-0.4, -0.2) is 52.3 Å². The molecule has 0 aliphatic heterocycles. The lowest BCUT2D eigenvalue weighted by Gasteiger charge is -2.21. The van der Waals surface area contributed by atoms with Crippen molar-refractivity contribution in [3.05, 3.63) is 42.2 Å². The second kappa shape index (κ2) is 7.18. The third kappa shape index (κ3) is 3.22. The first kappa shape index (κ1) is 17.8. The first-order chi connectivity index (χ1) is 13.6. The van der Waals surface area contributed by atoms with Crippen molar-refractivity contribution in [2.75, 3.05) is 26.0 Å². The first-order valence-corrected chi connectivity index (χ1v) is 8.81. The molecule has 1 unspecified atom stereocenters. The minimum atomic E-state index is -0.274. The number of aromatic amines is 1. The van der Waals surface area contributed by atoms with Crippen molar-refractivity contribution in [2.45, 2.75) is 12.8 Å². The smallest absolute Gasteiger partial charge is 0.321 e. The van der Waals surface area contributed by atoms with E-state index >= 15 is 0 Å². The van der Waals surface area contributed by atoms with Crippen LogP contribution in [0.1, 0.15) is 18.7 Å². The van der Waals surface area contributed by atoms with E-state index in [0.717, 1.165) is 16.4 Å². The van der Waals surface area contributed by atoms with Gasteiger partial charge in [0, 0.05) is 36.3 Å². The number of amides is 2. The number of para-hydroxylation sites is 1. The predicted molar refractivity (Wildman–Crippen MR) is 105 cm³/mol. The van der Waals surface area contributed by atoms with E-state index in [1.807, 2.05) is 37.3 Å². The topological polar surface area (TPSA) is 109 Å². The number of H-pyrrole nitrogens is 1. The third-order valence-corrected chi connectivity index (χ3v) is 4.64. The maximum atomic E-state index is 12.7. The van der Waals surface area contributed by atoms with Crippen LogP contribution in [0, 0.1) is 0 Å². The second-order valence-electron chi connectivity index (χ2n) is 6.63. The van der Waals surface area contributed by atoms with Gasteiger partial charge in [-0.2, -0.15) is 5.21 Å². The van der Waals surface area contributed by atoms with Gasteiger partial charge in [0.15, 0.2) is 5.82 Å². The fraction of sp³-hybridized carbons (Fsp3) is 0.263. The molecule has 0 bridgehead atoms. The van der Waals surface area contributed by atoms with Crippen LogP contribution in [0.2, 0.25) is 0 Å². The van der Waals surface area contributed by atoms with Crippen LogP contribution in [0.4, 0.5) is 10.5 Å². The van der Waals surface area contributed by atoms with Gasteiger partial charge in [0.05, 0.1) is 12.8 Å². The fourth-order valence-electron chi connectivity index (χ4n) is 3.18. The average Bonchev–Trinajstić information content (AvgIpc) is 3.35. The molecule has 2 amide bonds. The van der Waals surface area contributed by atoms with Gasteiger partial charge in [-0.15, -0.1) is 10.2 Å². The van der Waals surface area contributed by atoms with Gasteiger partial charge in [0.25, 0.3) is 0 Å². The molecule has 0 spiro atoms. The van der Waals surface area contributed by atoms with Gasteiger partial charge in [-0.3, -0.25) is 0 Å². The van der Waals surface area contributed by atoms with Crippen molar-refractivity contribution < 1.29 is 13.9 Å². The molecule has 9 heteroatoms. The van der Waals surface area contributed by atoms with E-state index < -0.39 is 0 Å². The summed E-state index contributed by atoms with van der Waals surface area (Å²) in [5, 5.41) is 18.7. The van der Waals surface area contributed by atoms with Crippen LogP contribution >= 0.6 is 0 Å². The molecule has 0 radical (unpaired) electrons. The van der Waals surface area contributed by atoms with E-state index in [4.69, 9.17) is 9.15 Å². The van der Waals surface area contributed by atoms with Gasteiger partial charge in [0.1, 0.15) is 16.9 Å². The Bertz CT molecular complexity index is 1120. The maximum Gasteiger partial charge on any atom is 0.321 e. The van der Waals surface area contributed by atoms with E-state index in [1.165, 1.54) is 0 Å². The number of benzene rings is 2. The van der Waals surface area contributed by atoms with Crippen LogP contribution < -0.4 is 10.1 Å². The number of tetrazole rings is 1. The number of rotatable bonds is 5. The third-order valence-electron chi connectivity index (χ3n) is 4.64. The lowest BCUT2D eigenvalue weighted by atomic mass is 10.1. The molecule has 28 heavy (non-hydrogen) atoms. The van der Waals surface area contributed by atoms with Crippen molar-refractivity contribution in [3.63, 3.8) is 0 Å². The Balaban J connectivity index is 1.57. The number of ether oxygens (including phenoxy) is 1. The number of fused-ring (bicyclic) bond motifs is 3. The molecule has 0 saturated heterocycles. The summed E-state index contributed by atoms with van der Waals surface area (Å²) in [6, 6.07) is 11.2. The van der Waals surface area contributed by atoms with Crippen LogP contribution in [-0.2, 0) is 0 Å². The molecular formula is C19H20N6O3. The Morgan fingerprint density at radius 2 is 2.11 bits per heavy atom. The number of hydrogen-bond acceptors (Lipinski definition) is 6. The van der Waals surface area contributed by atoms with E-state index in [2.05, 4.69) is 25.9 Å². The zero-order valence-corrected chi connectivity index (χ0v) is 15.8. The van der Waals surface area contributed by atoms with Crippen molar-refractivity contribution in [1.29, 1.82) is 0 Å². The molecule has 0 aliphatic rings. The Morgan fingerprint density at radius 3 is 2.86 bits per heavy atom. The number of methoxy groups -OCH3 is 1. The first-order valence-electron chi connectivity index (χ1n) is 8.81. The molecule has 0 saturated carbocycles. The molecule has 144 valence electrons. The van der Waals surface area contributed by atoms with Crippen LogP contribution in [0.25, 0.3) is 21.9 Å². The molecule has 4 aromatic rings. The summed E-state index contributed by atoms with van der Waals surface area (Å²) in [6.45, 7) is 2.36. The second-order valence-corrected chi connectivity index (χ2v) is 6.63. The number of nitrogens with one attached hydrogen (secondary N) is 2. The summed E-state index contributed by atoms with van der Waals surface area (Å²) in [4.78, 5) is 14.2. The highest BCUT2D eigenvalue weighted by molar-refractivity contribution is 6.07. The highest BCUT2D eigenvalue weighted by Gasteiger charge is 2.19. The zero-order chi connectivity index (χ0) is 19.7. The Morgan fingerprint density at radius 1 is 1.29 bits per heavy atom. The number of carbonyl (C=O) groups is 1. The average molecular weight is 380 g/mol. The standard InChI is InChI=1S/C19H20N6O3/c1-11(18-21-23-24-22-18)10-25(2)19(26)20-14-9-16-13(8-17(14)27-3)12-6-4-5-7-15(12)28-16/h4-9,11H,10H2,1-3H3,(H,20,26)(H,21,22,23,24). The maximum absolute atomic E-state index is 12.7. The number of carbonyl (C=O) groups excluding carboxylic acids is 1. The summed E-state index contributed by atoms with van der Waals surface area (Å²) in [5.41, 5.74) is 2.01. The number of furan rings is 1. The summed E-state index contributed by atoms with van der Waals surface area (Å²) >= 11 is 0. The van der Waals surface area contributed by atoms with Crippen molar-refractivity contribution in [2.24, 2.45) is 0 Å². The summed E-state index contributed by atoms with van der Waals surface area (Å²) in [7, 11) is 3.28. The minimum Gasteiger partial charge on any atom is -0.495 e. The molecule has 2 aromatic carbocycles. The summed E-state index contributed by atoms with van der Waals surface area (Å²) < 4.78 is 11.4. The van der Waals surface area contributed by atoms with Crippen molar-refractivity contribution >= 4 is 33.7 Å². The van der Waals surface area contributed by atoms with Crippen LogP contribution in [0.3, 0.4) is 0 Å². The lowest BCUT2D eigenvalue weighted by Crippen LogP contribution is -2.34. The molecule has 2 heterocycles. The molecular weight excluding hydrogens is 360 g/mol. The van der Waals surface area contributed by atoms with Crippen LogP contribution in [0.5, 0.6) is 5.75 Å². The SMILES string of the molecule is COc1cc2c(cc1NC(=O)N(C)CC(C)c1nn[nH]n1)oc1ccccc12. The normalized spacial score (nSPS) is 12.2. The molecule has 2 N–H and O–H groups in total. The minimum absolute atomic E-state index is 0.0609. The van der Waals surface area contributed by atoms with E-state index in [1.54, 1.807) is 25.1 Å². The number of hydrogen-bond donors (Lipinski definition) is 2. The Hall–Kier alpha value is -3.62. The highest BCUT2D eigenvalue weighted by Crippen LogP contribution is 2.36. The Kier molecular flexibility index (Phi) is 4.56.